The highest BCUT2D eigenvalue weighted by Gasteiger charge is 2.29. The Hall–Kier alpha value is -1.22. The van der Waals surface area contributed by atoms with E-state index >= 15 is 0 Å². The highest BCUT2D eigenvalue weighted by atomic mass is 127. The van der Waals surface area contributed by atoms with Gasteiger partial charge in [-0.2, -0.15) is 16.9 Å². The summed E-state index contributed by atoms with van der Waals surface area (Å²) < 4.78 is 2.27. The maximum atomic E-state index is 4.78. The van der Waals surface area contributed by atoms with Gasteiger partial charge in [-0.1, -0.05) is 24.3 Å². The summed E-state index contributed by atoms with van der Waals surface area (Å²) in [5.74, 6) is 2.17. The summed E-state index contributed by atoms with van der Waals surface area (Å²) in [5.41, 5.74) is 2.46. The molecule has 5 nitrogen and oxygen atoms in total. The molecule has 0 amide bonds. The van der Waals surface area contributed by atoms with Crippen LogP contribution >= 0.6 is 35.7 Å². The second kappa shape index (κ2) is 10.9. The largest absolute Gasteiger partial charge is 0.357 e. The lowest BCUT2D eigenvalue weighted by atomic mass is 10.1. The van der Waals surface area contributed by atoms with Crippen molar-refractivity contribution in [2.45, 2.75) is 44.5 Å². The fraction of sp³-hybridized carbons (Fsp3) is 0.500. The highest BCUT2D eigenvalue weighted by Crippen LogP contribution is 2.36. The number of hydrogen-bond acceptors (Lipinski definition) is 3. The topological polar surface area (TPSA) is 54.2 Å². The molecule has 3 rings (SSSR count). The third-order valence-electron chi connectivity index (χ3n) is 4.59. The molecule has 0 saturated carbocycles. The van der Waals surface area contributed by atoms with E-state index in [9.17, 15) is 0 Å². The average Bonchev–Trinajstić information content (AvgIpc) is 3.30. The van der Waals surface area contributed by atoms with E-state index in [-0.39, 0.29) is 24.0 Å². The first-order valence-electron chi connectivity index (χ1n) is 9.38. The molecular weight excluding hydrogens is 469 g/mol. The van der Waals surface area contributed by atoms with Crippen molar-refractivity contribution in [1.82, 2.24) is 20.4 Å². The van der Waals surface area contributed by atoms with Gasteiger partial charge in [0.15, 0.2) is 5.96 Å². The van der Waals surface area contributed by atoms with Gasteiger partial charge in [0.1, 0.15) is 0 Å². The van der Waals surface area contributed by atoms with Crippen LogP contribution < -0.4 is 10.6 Å². The summed E-state index contributed by atoms with van der Waals surface area (Å²) in [6, 6.07) is 10.5. The van der Waals surface area contributed by atoms with E-state index in [1.54, 1.807) is 0 Å². The number of thioether (sulfide) groups is 1. The van der Waals surface area contributed by atoms with E-state index in [0.29, 0.717) is 11.3 Å². The lowest BCUT2D eigenvalue weighted by Crippen LogP contribution is -2.43. The van der Waals surface area contributed by atoms with Gasteiger partial charge in [0.25, 0.3) is 0 Å². The summed E-state index contributed by atoms with van der Waals surface area (Å²) in [4.78, 5) is 4.78. The van der Waals surface area contributed by atoms with Crippen molar-refractivity contribution in [3.63, 3.8) is 0 Å². The lowest BCUT2D eigenvalue weighted by Gasteiger charge is -2.24. The van der Waals surface area contributed by atoms with Gasteiger partial charge < -0.3 is 10.6 Å². The Morgan fingerprint density at radius 2 is 2.15 bits per heavy atom. The second-order valence-corrected chi connectivity index (χ2v) is 8.66. The van der Waals surface area contributed by atoms with E-state index < -0.39 is 0 Å². The normalized spacial score (nSPS) is 19.6. The van der Waals surface area contributed by atoms with Crippen LogP contribution in [0.2, 0.25) is 0 Å². The van der Waals surface area contributed by atoms with E-state index in [1.165, 1.54) is 29.7 Å². The molecule has 2 aromatic rings. The molecule has 0 radical (unpaired) electrons. The Labute approximate surface area is 183 Å². The van der Waals surface area contributed by atoms with Crippen LogP contribution in [-0.4, -0.2) is 39.3 Å². The molecule has 1 aromatic heterocycles. The summed E-state index contributed by atoms with van der Waals surface area (Å²) in [5, 5.41) is 11.2. The molecule has 1 unspecified atom stereocenters. The smallest absolute Gasteiger partial charge is 0.191 e. The van der Waals surface area contributed by atoms with Gasteiger partial charge in [-0.05, 0) is 49.6 Å². The molecule has 0 spiro atoms. The average molecular weight is 499 g/mol. The van der Waals surface area contributed by atoms with Crippen LogP contribution in [0.5, 0.6) is 0 Å². The second-order valence-electron chi connectivity index (χ2n) is 6.97. The summed E-state index contributed by atoms with van der Waals surface area (Å²) in [6.07, 6.45) is 6.39. The number of rotatable bonds is 7. The Balaban J connectivity index is 0.00000261. The first kappa shape index (κ1) is 22.1. The first-order valence-corrected chi connectivity index (χ1v) is 10.4. The van der Waals surface area contributed by atoms with Gasteiger partial charge in [-0.3, -0.25) is 4.68 Å². The number of guanidine groups is 1. The molecule has 1 atom stereocenters. The number of halogens is 1. The molecule has 1 aliphatic heterocycles. The molecule has 2 heterocycles. The quantitative estimate of drug-likeness (QED) is 0.345. The van der Waals surface area contributed by atoms with Crippen LogP contribution in [0.15, 0.2) is 47.7 Å². The van der Waals surface area contributed by atoms with Crippen LogP contribution in [-0.2, 0) is 13.1 Å². The van der Waals surface area contributed by atoms with E-state index in [2.05, 4.69) is 65.6 Å². The molecule has 2 N–H and O–H groups in total. The van der Waals surface area contributed by atoms with Crippen LogP contribution in [0, 0.1) is 0 Å². The van der Waals surface area contributed by atoms with Crippen molar-refractivity contribution in [2.24, 2.45) is 4.99 Å². The fourth-order valence-corrected chi connectivity index (χ4v) is 4.41. The molecule has 7 heteroatoms. The molecule has 1 aliphatic rings. The number of hydrogen-bond donors (Lipinski definition) is 2. The molecule has 1 aromatic carbocycles. The van der Waals surface area contributed by atoms with Crippen molar-refractivity contribution < 1.29 is 0 Å². The standard InChI is InChI=1S/C20H29N5S.HI/c1-3-21-19(23-16-20(2)9-5-12-26-20)22-14-17-7-4-8-18(13-17)15-25-11-6-10-24-25;/h4,6-8,10-11,13H,3,5,9,12,14-16H2,1-2H3,(H2,21,22,23);1H. The van der Waals surface area contributed by atoms with E-state index in [1.807, 2.05) is 23.1 Å². The van der Waals surface area contributed by atoms with Crippen LogP contribution in [0.3, 0.4) is 0 Å². The molecular formula is C20H30IN5S. The Kier molecular flexibility index (Phi) is 8.95. The monoisotopic (exact) mass is 499 g/mol. The van der Waals surface area contributed by atoms with Crippen molar-refractivity contribution >= 4 is 41.7 Å². The van der Waals surface area contributed by atoms with Crippen LogP contribution in [0.4, 0.5) is 0 Å². The Bertz CT molecular complexity index is 711. The number of nitrogens with one attached hydrogen (secondary N) is 2. The maximum absolute atomic E-state index is 4.78. The Morgan fingerprint density at radius 1 is 1.30 bits per heavy atom. The van der Waals surface area contributed by atoms with Crippen LogP contribution in [0.25, 0.3) is 0 Å². The van der Waals surface area contributed by atoms with Gasteiger partial charge in [-0.15, -0.1) is 24.0 Å². The van der Waals surface area contributed by atoms with Gasteiger partial charge in [0, 0.05) is 30.2 Å². The Morgan fingerprint density at radius 3 is 2.85 bits per heavy atom. The third kappa shape index (κ3) is 7.03. The minimum atomic E-state index is 0. The minimum absolute atomic E-state index is 0. The first-order chi connectivity index (χ1) is 12.7. The molecule has 0 bridgehead atoms. The summed E-state index contributed by atoms with van der Waals surface area (Å²) in [6.45, 7) is 7.75. The minimum Gasteiger partial charge on any atom is -0.357 e. The van der Waals surface area contributed by atoms with Gasteiger partial charge in [0.2, 0.25) is 0 Å². The zero-order valence-electron chi connectivity index (χ0n) is 16.1. The highest BCUT2D eigenvalue weighted by molar-refractivity contribution is 14.0. The van der Waals surface area contributed by atoms with Crippen molar-refractivity contribution in [1.29, 1.82) is 0 Å². The van der Waals surface area contributed by atoms with E-state index in [0.717, 1.165) is 25.6 Å². The predicted molar refractivity (Wildman–Crippen MR) is 126 cm³/mol. The molecule has 27 heavy (non-hydrogen) atoms. The van der Waals surface area contributed by atoms with Crippen molar-refractivity contribution in [3.05, 3.63) is 53.9 Å². The van der Waals surface area contributed by atoms with Gasteiger partial charge in [0.05, 0.1) is 13.1 Å². The zero-order chi connectivity index (χ0) is 18.2. The maximum Gasteiger partial charge on any atom is 0.191 e. The van der Waals surface area contributed by atoms with Crippen molar-refractivity contribution in [3.8, 4) is 0 Å². The van der Waals surface area contributed by atoms with Crippen LogP contribution in [0.1, 0.15) is 37.8 Å². The predicted octanol–water partition coefficient (Wildman–Crippen LogP) is 3.89. The molecule has 1 saturated heterocycles. The number of aromatic nitrogens is 2. The number of nitrogens with zero attached hydrogens (tertiary/aromatic N) is 3. The number of aliphatic imine (C=N–C) groups is 1. The molecule has 0 aliphatic carbocycles. The molecule has 1 fully saturated rings. The van der Waals surface area contributed by atoms with E-state index in [4.69, 9.17) is 4.99 Å². The lowest BCUT2D eigenvalue weighted by molar-refractivity contribution is 0.584. The van der Waals surface area contributed by atoms with Crippen molar-refractivity contribution in [2.75, 3.05) is 18.8 Å². The fourth-order valence-electron chi connectivity index (χ4n) is 3.17. The number of benzene rings is 1. The molecule has 148 valence electrons. The van der Waals surface area contributed by atoms with Gasteiger partial charge >= 0.3 is 0 Å². The third-order valence-corrected chi connectivity index (χ3v) is 6.13. The summed E-state index contributed by atoms with van der Waals surface area (Å²) >= 11 is 2.07. The van der Waals surface area contributed by atoms with Gasteiger partial charge in [-0.25, -0.2) is 4.99 Å². The SMILES string of the molecule is CCNC(=NCc1cccc(Cn2cccn2)c1)NCC1(C)CCCS1.I. The zero-order valence-corrected chi connectivity index (χ0v) is 19.3. The summed E-state index contributed by atoms with van der Waals surface area (Å²) in [7, 11) is 0.